The third-order valence-electron chi connectivity index (χ3n) is 3.70. The maximum absolute atomic E-state index is 14.2. The van der Waals surface area contributed by atoms with Gasteiger partial charge in [0.15, 0.2) is 15.7 Å². The van der Waals surface area contributed by atoms with Crippen molar-refractivity contribution in [3.63, 3.8) is 0 Å². The lowest BCUT2D eigenvalue weighted by molar-refractivity contribution is 0.141. The van der Waals surface area contributed by atoms with Gasteiger partial charge in [0.25, 0.3) is 6.43 Å². The normalized spacial score (nSPS) is 12.0. The molecule has 142 valence electrons. The van der Waals surface area contributed by atoms with Crippen LogP contribution in [-0.4, -0.2) is 24.6 Å². The fourth-order valence-electron chi connectivity index (χ4n) is 2.58. The van der Waals surface area contributed by atoms with E-state index in [1.54, 1.807) is 0 Å². The minimum atomic E-state index is -4.18. The van der Waals surface area contributed by atoms with Crippen LogP contribution < -0.4 is 0 Å². The lowest BCUT2D eigenvalue weighted by Crippen LogP contribution is -2.05. The molecule has 0 unspecified atom stereocenters. The first kappa shape index (κ1) is 19.0. The average Bonchev–Trinajstić information content (AvgIpc) is 2.99. The minimum Gasteiger partial charge on any atom is -0.337 e. The number of H-pyrrole nitrogens is 1. The predicted octanol–water partition coefficient (Wildman–Crippen LogP) is 4.50. The fourth-order valence-corrected chi connectivity index (χ4v) is 3.41. The van der Waals surface area contributed by atoms with Gasteiger partial charge in [-0.15, -0.1) is 0 Å². The molecule has 0 aliphatic rings. The lowest BCUT2D eigenvalue weighted by Gasteiger charge is -2.07. The maximum Gasteiger partial charge on any atom is 0.295 e. The number of aromatic nitrogens is 2. The van der Waals surface area contributed by atoms with Crippen molar-refractivity contribution in [3.8, 4) is 22.5 Å². The van der Waals surface area contributed by atoms with E-state index in [0.29, 0.717) is 18.4 Å². The molecule has 0 aliphatic carbocycles. The smallest absolute Gasteiger partial charge is 0.295 e. The van der Waals surface area contributed by atoms with Gasteiger partial charge in [0, 0.05) is 17.4 Å². The first-order valence-corrected chi connectivity index (χ1v) is 9.30. The Bertz CT molecular complexity index is 1090. The molecule has 1 heterocycles. The number of benzene rings is 2. The second kappa shape index (κ2) is 6.76. The van der Waals surface area contributed by atoms with Crippen LogP contribution in [0.4, 0.5) is 22.0 Å². The van der Waals surface area contributed by atoms with Crippen LogP contribution in [0.3, 0.4) is 0 Å². The molecule has 2 aromatic carbocycles. The first-order valence-electron chi connectivity index (χ1n) is 7.41. The summed E-state index contributed by atoms with van der Waals surface area (Å²) in [5.74, 6) is -4.07. The van der Waals surface area contributed by atoms with E-state index in [0.717, 1.165) is 12.1 Å². The summed E-state index contributed by atoms with van der Waals surface area (Å²) in [6.07, 6.45) is -2.36. The zero-order valence-corrected chi connectivity index (χ0v) is 14.4. The van der Waals surface area contributed by atoms with E-state index in [1.807, 2.05) is 0 Å². The molecule has 0 atom stereocenters. The van der Waals surface area contributed by atoms with Gasteiger partial charge in [-0.05, 0) is 36.4 Å². The molecule has 27 heavy (non-hydrogen) atoms. The number of nitrogens with one attached hydrogen (secondary N) is 1. The Morgan fingerprint density at radius 2 is 1.52 bits per heavy atom. The maximum atomic E-state index is 14.2. The third-order valence-corrected chi connectivity index (χ3v) is 4.84. The highest BCUT2D eigenvalue weighted by Crippen LogP contribution is 2.34. The minimum absolute atomic E-state index is 0.0174. The second-order valence-electron chi connectivity index (χ2n) is 5.69. The fraction of sp³-hybridized carbons (Fsp3) is 0.118. The summed E-state index contributed by atoms with van der Waals surface area (Å²) in [6.45, 7) is 0. The summed E-state index contributed by atoms with van der Waals surface area (Å²) in [6, 6.07) is 6.10. The topological polar surface area (TPSA) is 62.8 Å². The van der Waals surface area contributed by atoms with E-state index in [-0.39, 0.29) is 22.5 Å². The predicted molar refractivity (Wildman–Crippen MR) is 87.4 cm³/mol. The van der Waals surface area contributed by atoms with Crippen LogP contribution in [0.1, 0.15) is 12.2 Å². The highest BCUT2D eigenvalue weighted by molar-refractivity contribution is 7.90. The molecule has 3 aromatic rings. The zero-order valence-electron chi connectivity index (χ0n) is 13.6. The Hall–Kier alpha value is -2.75. The Labute approximate surface area is 150 Å². The molecule has 0 radical (unpaired) electrons. The van der Waals surface area contributed by atoms with Crippen molar-refractivity contribution in [3.05, 3.63) is 59.7 Å². The van der Waals surface area contributed by atoms with Crippen molar-refractivity contribution >= 4 is 9.84 Å². The second-order valence-corrected chi connectivity index (χ2v) is 7.65. The summed E-state index contributed by atoms with van der Waals surface area (Å²) >= 11 is 0. The molecule has 0 amide bonds. The zero-order chi connectivity index (χ0) is 19.9. The molecule has 0 bridgehead atoms. The number of hydrogen-bond donors (Lipinski definition) is 1. The van der Waals surface area contributed by atoms with Crippen LogP contribution in [0.5, 0.6) is 0 Å². The van der Waals surface area contributed by atoms with Crippen molar-refractivity contribution in [2.75, 3.05) is 6.26 Å². The van der Waals surface area contributed by atoms with Gasteiger partial charge in [-0.2, -0.15) is 0 Å². The van der Waals surface area contributed by atoms with Crippen LogP contribution in [0.25, 0.3) is 22.5 Å². The molecule has 0 saturated heterocycles. The van der Waals surface area contributed by atoms with Crippen LogP contribution >= 0.6 is 0 Å². The van der Waals surface area contributed by atoms with E-state index in [2.05, 4.69) is 9.97 Å². The quantitative estimate of drug-likeness (QED) is 0.654. The largest absolute Gasteiger partial charge is 0.337 e. The lowest BCUT2D eigenvalue weighted by atomic mass is 10.0. The number of nitrogens with zero attached hydrogens (tertiary/aromatic N) is 1. The number of rotatable bonds is 4. The van der Waals surface area contributed by atoms with Gasteiger partial charge in [-0.3, -0.25) is 0 Å². The van der Waals surface area contributed by atoms with Crippen molar-refractivity contribution in [2.24, 2.45) is 0 Å². The first-order chi connectivity index (χ1) is 12.6. The molecule has 4 nitrogen and oxygen atoms in total. The van der Waals surface area contributed by atoms with E-state index >= 15 is 0 Å². The van der Waals surface area contributed by atoms with E-state index < -0.39 is 44.4 Å². The number of hydrogen-bond acceptors (Lipinski definition) is 3. The number of alkyl halides is 2. The molecule has 0 saturated carbocycles. The highest BCUT2D eigenvalue weighted by atomic mass is 32.2. The third kappa shape index (κ3) is 3.70. The summed E-state index contributed by atoms with van der Waals surface area (Å²) in [5.41, 5.74) is -0.246. The van der Waals surface area contributed by atoms with Crippen molar-refractivity contribution in [1.29, 1.82) is 0 Å². The summed E-state index contributed by atoms with van der Waals surface area (Å²) < 4.78 is 90.6. The Balaban J connectivity index is 2.24. The van der Waals surface area contributed by atoms with Gasteiger partial charge in [0.1, 0.15) is 22.3 Å². The van der Waals surface area contributed by atoms with Crippen molar-refractivity contribution in [1.82, 2.24) is 9.97 Å². The molecule has 0 spiro atoms. The van der Waals surface area contributed by atoms with E-state index in [4.69, 9.17) is 0 Å². The van der Waals surface area contributed by atoms with E-state index in [1.165, 1.54) is 12.1 Å². The van der Waals surface area contributed by atoms with Gasteiger partial charge in [0.2, 0.25) is 0 Å². The molecule has 0 fully saturated rings. The van der Waals surface area contributed by atoms with E-state index in [9.17, 15) is 30.4 Å². The molecule has 0 aliphatic heterocycles. The van der Waals surface area contributed by atoms with Gasteiger partial charge in [-0.25, -0.2) is 35.4 Å². The molecule has 1 N–H and O–H groups in total. The molecule has 10 heteroatoms. The molecule has 1 aromatic heterocycles. The van der Waals surface area contributed by atoms with Gasteiger partial charge in [0.05, 0.1) is 11.4 Å². The highest BCUT2D eigenvalue weighted by Gasteiger charge is 2.24. The van der Waals surface area contributed by atoms with Crippen molar-refractivity contribution < 1.29 is 30.4 Å². The van der Waals surface area contributed by atoms with Crippen LogP contribution in [0, 0.1) is 17.5 Å². The summed E-state index contributed by atoms with van der Waals surface area (Å²) in [7, 11) is -4.18. The summed E-state index contributed by atoms with van der Waals surface area (Å²) in [5, 5.41) is 0. The monoisotopic (exact) mass is 402 g/mol. The van der Waals surface area contributed by atoms with Crippen molar-refractivity contribution in [2.45, 2.75) is 11.3 Å². The molecule has 3 rings (SSSR count). The SMILES string of the molecule is CS(=O)(=O)c1c(F)cc(-c2nc(C(F)F)[nH]c2-c2ccc(F)cc2)cc1F. The van der Waals surface area contributed by atoms with Gasteiger partial charge >= 0.3 is 0 Å². The summed E-state index contributed by atoms with van der Waals surface area (Å²) in [4.78, 5) is 4.90. The number of imidazole rings is 1. The number of aromatic amines is 1. The standard InChI is InChI=1S/C17H11F5N2O2S/c1-27(25,26)15-11(19)6-9(7-12(15)20)14-13(23-17(24-14)16(21)22)8-2-4-10(18)5-3-8/h2-7,16H,1H3,(H,23,24). The van der Waals surface area contributed by atoms with Gasteiger partial charge < -0.3 is 4.98 Å². The van der Waals surface area contributed by atoms with Gasteiger partial charge in [-0.1, -0.05) is 0 Å². The molecular weight excluding hydrogens is 391 g/mol. The van der Waals surface area contributed by atoms with Crippen LogP contribution in [0.15, 0.2) is 41.3 Å². The Kier molecular flexibility index (Phi) is 4.77. The van der Waals surface area contributed by atoms with Crippen LogP contribution in [-0.2, 0) is 9.84 Å². The van der Waals surface area contributed by atoms with Crippen LogP contribution in [0.2, 0.25) is 0 Å². The Morgan fingerprint density at radius 3 is 2.00 bits per heavy atom. The number of halogens is 5. The molecular formula is C17H11F5N2O2S. The number of sulfone groups is 1. The Morgan fingerprint density at radius 1 is 0.963 bits per heavy atom. The average molecular weight is 402 g/mol.